The van der Waals surface area contributed by atoms with E-state index in [1.165, 1.54) is 0 Å². The third-order valence-corrected chi connectivity index (χ3v) is 1.58. The second-order valence-electron chi connectivity index (χ2n) is 2.62. The average molecular weight is 138 g/mol. The van der Waals surface area contributed by atoms with Gasteiger partial charge in [-0.05, 0) is 13.8 Å². The predicted molar refractivity (Wildman–Crippen MR) is 35.3 cm³/mol. The van der Waals surface area contributed by atoms with Crippen LogP contribution in [0, 0.1) is 0 Å². The Labute approximate surface area is 55.7 Å². The van der Waals surface area contributed by atoms with Gasteiger partial charge in [0.2, 0.25) is 0 Å². The average Bonchev–Trinajstić information content (AvgIpc) is 1.63. The van der Waals surface area contributed by atoms with Crippen LogP contribution in [0.15, 0.2) is 0 Å². The van der Waals surface area contributed by atoms with E-state index in [9.17, 15) is 0 Å². The zero-order valence-electron chi connectivity index (χ0n) is 5.14. The van der Waals surface area contributed by atoms with Gasteiger partial charge < -0.3 is 10.4 Å². The molecule has 8 heavy (non-hydrogen) atoms. The van der Waals surface area contributed by atoms with Crippen LogP contribution in [0.3, 0.4) is 0 Å². The lowest BCUT2D eigenvalue weighted by Crippen LogP contribution is -2.65. The minimum Gasteiger partial charge on any atom is -0.390 e. The zero-order chi connectivity index (χ0) is 5.49. The molecule has 0 bridgehead atoms. The maximum absolute atomic E-state index is 8.91. The van der Waals surface area contributed by atoms with E-state index in [0.717, 1.165) is 6.54 Å². The molecule has 0 saturated carbocycles. The van der Waals surface area contributed by atoms with Crippen molar-refractivity contribution >= 4 is 12.4 Å². The Morgan fingerprint density at radius 2 is 2.00 bits per heavy atom. The van der Waals surface area contributed by atoms with Crippen LogP contribution in [0.2, 0.25) is 0 Å². The summed E-state index contributed by atoms with van der Waals surface area (Å²) in [7, 11) is 0. The van der Waals surface area contributed by atoms with Crippen LogP contribution in [-0.2, 0) is 0 Å². The molecule has 0 amide bonds. The van der Waals surface area contributed by atoms with E-state index in [1.807, 2.05) is 13.8 Å². The van der Waals surface area contributed by atoms with E-state index in [2.05, 4.69) is 5.32 Å². The van der Waals surface area contributed by atoms with Crippen LogP contribution in [0.25, 0.3) is 0 Å². The number of aliphatic hydroxyl groups is 1. The summed E-state index contributed by atoms with van der Waals surface area (Å²) in [4.78, 5) is 0. The van der Waals surface area contributed by atoms with Gasteiger partial charge >= 0.3 is 0 Å². The maximum atomic E-state index is 8.91. The first kappa shape index (κ1) is 8.21. The Kier molecular flexibility index (Phi) is 2.27. The molecule has 0 aromatic rings. The number of aliphatic hydroxyl groups excluding tert-OH is 1. The Bertz CT molecular complexity index is 84.5. The van der Waals surface area contributed by atoms with Gasteiger partial charge in [-0.3, -0.25) is 0 Å². The first-order valence-corrected chi connectivity index (χ1v) is 2.56. The van der Waals surface area contributed by atoms with Crippen molar-refractivity contribution < 1.29 is 5.11 Å². The van der Waals surface area contributed by atoms with Crippen molar-refractivity contribution in [2.45, 2.75) is 25.5 Å². The van der Waals surface area contributed by atoms with E-state index in [0.29, 0.717) is 0 Å². The third kappa shape index (κ3) is 1.13. The molecule has 0 unspecified atom stereocenters. The van der Waals surface area contributed by atoms with Gasteiger partial charge in [0, 0.05) is 12.1 Å². The molecular weight excluding hydrogens is 126 g/mol. The quantitative estimate of drug-likeness (QED) is 0.498. The second kappa shape index (κ2) is 2.21. The molecule has 1 aliphatic rings. The van der Waals surface area contributed by atoms with E-state index >= 15 is 0 Å². The minimum absolute atomic E-state index is 0. The van der Waals surface area contributed by atoms with Crippen LogP contribution >= 0.6 is 12.4 Å². The fraction of sp³-hybridized carbons (Fsp3) is 1.00. The molecule has 2 nitrogen and oxygen atoms in total. The van der Waals surface area contributed by atoms with Crippen LogP contribution < -0.4 is 5.32 Å². The van der Waals surface area contributed by atoms with Gasteiger partial charge in [-0.25, -0.2) is 0 Å². The Morgan fingerprint density at radius 3 is 2.00 bits per heavy atom. The summed E-state index contributed by atoms with van der Waals surface area (Å²) < 4.78 is 0. The number of rotatable bonds is 0. The monoisotopic (exact) mass is 137 g/mol. The van der Waals surface area contributed by atoms with Crippen molar-refractivity contribution in [3.05, 3.63) is 0 Å². The lowest BCUT2D eigenvalue weighted by atomic mass is 9.89. The summed E-state index contributed by atoms with van der Waals surface area (Å²) in [5, 5.41) is 12.0. The highest BCUT2D eigenvalue weighted by atomic mass is 35.5. The molecule has 0 aromatic heterocycles. The maximum Gasteiger partial charge on any atom is 0.0840 e. The molecule has 0 aliphatic carbocycles. The minimum atomic E-state index is -0.132. The number of hydrogen-bond acceptors (Lipinski definition) is 2. The third-order valence-electron chi connectivity index (χ3n) is 1.58. The summed E-state index contributed by atoms with van der Waals surface area (Å²) in [6.07, 6.45) is -0.132. The summed E-state index contributed by atoms with van der Waals surface area (Å²) in [5.41, 5.74) is -0.0139. The number of hydrogen-bond donors (Lipinski definition) is 2. The molecule has 1 atom stereocenters. The molecule has 1 saturated heterocycles. The highest BCUT2D eigenvalue weighted by Crippen LogP contribution is 2.16. The zero-order valence-corrected chi connectivity index (χ0v) is 5.96. The van der Waals surface area contributed by atoms with Crippen molar-refractivity contribution in [1.29, 1.82) is 0 Å². The lowest BCUT2D eigenvalue weighted by Gasteiger charge is -2.42. The number of nitrogens with one attached hydrogen (secondary N) is 1. The van der Waals surface area contributed by atoms with Crippen LogP contribution in [0.1, 0.15) is 13.8 Å². The van der Waals surface area contributed by atoms with Crippen molar-refractivity contribution in [2.24, 2.45) is 0 Å². The van der Waals surface area contributed by atoms with Crippen molar-refractivity contribution in [1.82, 2.24) is 5.32 Å². The lowest BCUT2D eigenvalue weighted by molar-refractivity contribution is 0.00925. The highest BCUT2D eigenvalue weighted by molar-refractivity contribution is 5.85. The van der Waals surface area contributed by atoms with Gasteiger partial charge in [0.1, 0.15) is 0 Å². The topological polar surface area (TPSA) is 32.3 Å². The Hall–Kier alpha value is 0.210. The van der Waals surface area contributed by atoms with Crippen LogP contribution in [0.4, 0.5) is 0 Å². The normalized spacial score (nSPS) is 32.6. The first-order chi connectivity index (χ1) is 3.13. The molecule has 1 heterocycles. The molecule has 1 fully saturated rings. The fourth-order valence-electron chi connectivity index (χ4n) is 0.602. The summed E-state index contributed by atoms with van der Waals surface area (Å²) in [5.74, 6) is 0. The van der Waals surface area contributed by atoms with Crippen molar-refractivity contribution in [2.75, 3.05) is 6.54 Å². The van der Waals surface area contributed by atoms with E-state index < -0.39 is 0 Å². The first-order valence-electron chi connectivity index (χ1n) is 2.56. The highest BCUT2D eigenvalue weighted by Gasteiger charge is 2.35. The van der Waals surface area contributed by atoms with Gasteiger partial charge in [0.15, 0.2) is 0 Å². The molecule has 2 N–H and O–H groups in total. The van der Waals surface area contributed by atoms with E-state index in [1.54, 1.807) is 0 Å². The van der Waals surface area contributed by atoms with Gasteiger partial charge in [0.05, 0.1) is 6.10 Å². The SMILES string of the molecule is CC1(C)NC[C@@H]1O.Cl. The van der Waals surface area contributed by atoms with Crippen LogP contribution in [-0.4, -0.2) is 23.3 Å². The Balaban J connectivity index is 0.000000490. The summed E-state index contributed by atoms with van der Waals surface area (Å²) in [6, 6.07) is 0. The fourth-order valence-corrected chi connectivity index (χ4v) is 0.602. The smallest absolute Gasteiger partial charge is 0.0840 e. The summed E-state index contributed by atoms with van der Waals surface area (Å²) in [6.45, 7) is 4.73. The predicted octanol–water partition coefficient (Wildman–Crippen LogP) is 0.151. The molecule has 1 rings (SSSR count). The molecule has 0 radical (unpaired) electrons. The van der Waals surface area contributed by atoms with Crippen LogP contribution in [0.5, 0.6) is 0 Å². The van der Waals surface area contributed by atoms with E-state index in [-0.39, 0.29) is 24.0 Å². The molecule has 1 aliphatic heterocycles. The number of halogens is 1. The molecule has 0 spiro atoms. The molecule has 3 heteroatoms. The standard InChI is InChI=1S/C5H11NO.ClH/c1-5(2)4(7)3-6-5;/h4,6-7H,3H2,1-2H3;1H/t4-;/m0./s1. The second-order valence-corrected chi connectivity index (χ2v) is 2.62. The van der Waals surface area contributed by atoms with Gasteiger partial charge in [0.25, 0.3) is 0 Å². The van der Waals surface area contributed by atoms with E-state index in [4.69, 9.17) is 5.11 Å². The molecular formula is C5H12ClNO. The Morgan fingerprint density at radius 1 is 1.62 bits per heavy atom. The van der Waals surface area contributed by atoms with Gasteiger partial charge in [-0.15, -0.1) is 12.4 Å². The van der Waals surface area contributed by atoms with Crippen molar-refractivity contribution in [3.8, 4) is 0 Å². The summed E-state index contributed by atoms with van der Waals surface area (Å²) >= 11 is 0. The molecule has 50 valence electrons. The number of β-amino-alcohol motifs (C(OH)–C–C–N with tert-alkyl or cyclic N) is 1. The van der Waals surface area contributed by atoms with Gasteiger partial charge in [-0.1, -0.05) is 0 Å². The largest absolute Gasteiger partial charge is 0.390 e. The van der Waals surface area contributed by atoms with Gasteiger partial charge in [-0.2, -0.15) is 0 Å². The van der Waals surface area contributed by atoms with Crippen molar-refractivity contribution in [3.63, 3.8) is 0 Å². The molecule has 0 aromatic carbocycles.